The quantitative estimate of drug-likeness (QED) is 0.552. The largest absolute Gasteiger partial charge is 0.396 e. The molecule has 0 saturated carbocycles. The molecule has 0 spiro atoms. The number of likely N-dealkylation sites (N-methyl/N-ethyl adjacent to an activating group) is 1. The van der Waals surface area contributed by atoms with E-state index < -0.39 is 0 Å². The molecule has 1 aromatic rings. The van der Waals surface area contributed by atoms with Crippen LogP contribution in [0.2, 0.25) is 0 Å². The van der Waals surface area contributed by atoms with Gasteiger partial charge in [-0.05, 0) is 5.56 Å². The zero-order valence-electron chi connectivity index (χ0n) is 10.7. The van der Waals surface area contributed by atoms with Gasteiger partial charge in [0.2, 0.25) is 0 Å². The molecule has 1 N–H and O–H groups in total. The minimum Gasteiger partial charge on any atom is -0.396 e. The zero-order valence-corrected chi connectivity index (χ0v) is 10.7. The van der Waals surface area contributed by atoms with Crippen molar-refractivity contribution < 1.29 is 14.2 Å². The summed E-state index contributed by atoms with van der Waals surface area (Å²) >= 11 is 0. The second-order valence-electron chi connectivity index (χ2n) is 5.08. The van der Waals surface area contributed by atoms with Crippen molar-refractivity contribution in [1.82, 2.24) is 0 Å². The van der Waals surface area contributed by atoms with E-state index in [9.17, 15) is 0 Å². The van der Waals surface area contributed by atoms with Crippen LogP contribution in [0.3, 0.4) is 0 Å². The lowest BCUT2D eigenvalue weighted by molar-refractivity contribution is -0.890. The minimum absolute atomic E-state index is 0.294. The third kappa shape index (κ3) is 4.73. The zero-order chi connectivity index (χ0) is 12.0. The molecule has 0 aromatic carbocycles. The van der Waals surface area contributed by atoms with Crippen molar-refractivity contribution in [2.24, 2.45) is 7.05 Å². The van der Waals surface area contributed by atoms with Crippen LogP contribution in [0.15, 0.2) is 24.5 Å². The van der Waals surface area contributed by atoms with E-state index in [1.165, 1.54) is 5.56 Å². The maximum Gasteiger partial charge on any atom is 0.168 e. The third-order valence-electron chi connectivity index (χ3n) is 2.97. The number of hydrogen-bond acceptors (Lipinski definition) is 1. The van der Waals surface area contributed by atoms with Gasteiger partial charge in [0.25, 0.3) is 0 Å². The lowest BCUT2D eigenvalue weighted by Gasteiger charge is -2.29. The predicted molar refractivity (Wildman–Crippen MR) is 64.9 cm³/mol. The van der Waals surface area contributed by atoms with Crippen molar-refractivity contribution in [2.75, 3.05) is 33.8 Å². The van der Waals surface area contributed by atoms with Crippen molar-refractivity contribution >= 4 is 0 Å². The number of quaternary nitrogens is 1. The van der Waals surface area contributed by atoms with Gasteiger partial charge >= 0.3 is 0 Å². The Balaban J connectivity index is 2.41. The molecule has 3 heteroatoms. The van der Waals surface area contributed by atoms with E-state index in [1.54, 1.807) is 0 Å². The van der Waals surface area contributed by atoms with Crippen molar-refractivity contribution in [3.05, 3.63) is 30.1 Å². The normalized spacial score (nSPS) is 11.8. The van der Waals surface area contributed by atoms with E-state index >= 15 is 0 Å². The van der Waals surface area contributed by atoms with Gasteiger partial charge in [-0.3, -0.25) is 0 Å². The number of aliphatic hydroxyl groups excluding tert-OH is 1. The molecule has 16 heavy (non-hydrogen) atoms. The standard InChI is InChI=1S/C13H24N2O/c1-14-8-5-13(6-9-14)7-11-15(2,3)10-4-12-16/h5-6,8-9,16H,4,7,10-12H2,1-3H3/q+2. The molecule has 0 aliphatic carbocycles. The van der Waals surface area contributed by atoms with E-state index in [2.05, 4.69) is 43.2 Å². The molecule has 0 amide bonds. The second-order valence-corrected chi connectivity index (χ2v) is 5.08. The molecule has 1 heterocycles. The van der Waals surface area contributed by atoms with Gasteiger partial charge in [-0.15, -0.1) is 0 Å². The van der Waals surface area contributed by atoms with Gasteiger partial charge in [0.15, 0.2) is 12.4 Å². The summed E-state index contributed by atoms with van der Waals surface area (Å²) in [5.41, 5.74) is 1.38. The first kappa shape index (κ1) is 13.1. The number of nitrogens with zero attached hydrogens (tertiary/aromatic N) is 2. The van der Waals surface area contributed by atoms with Crippen molar-refractivity contribution in [1.29, 1.82) is 0 Å². The second kappa shape index (κ2) is 5.97. The summed E-state index contributed by atoms with van der Waals surface area (Å²) in [4.78, 5) is 0. The summed E-state index contributed by atoms with van der Waals surface area (Å²) in [6.45, 7) is 2.45. The Labute approximate surface area is 98.5 Å². The topological polar surface area (TPSA) is 24.1 Å². The Morgan fingerprint density at radius 3 is 2.38 bits per heavy atom. The van der Waals surface area contributed by atoms with Gasteiger partial charge in [-0.25, -0.2) is 4.57 Å². The molecule has 90 valence electrons. The van der Waals surface area contributed by atoms with Gasteiger partial charge in [0, 0.05) is 31.6 Å². The van der Waals surface area contributed by atoms with E-state index in [0.717, 1.165) is 30.4 Å². The fourth-order valence-electron chi connectivity index (χ4n) is 1.74. The third-order valence-corrected chi connectivity index (χ3v) is 2.97. The molecule has 0 unspecified atom stereocenters. The van der Waals surface area contributed by atoms with Crippen LogP contribution in [0.5, 0.6) is 0 Å². The highest BCUT2D eigenvalue weighted by Gasteiger charge is 2.14. The summed E-state index contributed by atoms with van der Waals surface area (Å²) < 4.78 is 3.02. The Kier molecular flexibility index (Phi) is 4.90. The highest BCUT2D eigenvalue weighted by Crippen LogP contribution is 2.04. The SMILES string of the molecule is C[n+]1ccc(CC[N+](C)(C)CCCO)cc1. The van der Waals surface area contributed by atoms with Crippen LogP contribution in [0.1, 0.15) is 12.0 Å². The van der Waals surface area contributed by atoms with Gasteiger partial charge in [-0.2, -0.15) is 0 Å². The first-order valence-electron chi connectivity index (χ1n) is 5.90. The average Bonchev–Trinajstić information content (AvgIpc) is 2.26. The molecule has 1 rings (SSSR count). The molecule has 3 nitrogen and oxygen atoms in total. The molecule has 0 radical (unpaired) electrons. The van der Waals surface area contributed by atoms with E-state index in [-0.39, 0.29) is 0 Å². The van der Waals surface area contributed by atoms with Gasteiger partial charge in [0.1, 0.15) is 7.05 Å². The van der Waals surface area contributed by atoms with Crippen LogP contribution in [-0.2, 0) is 13.5 Å². The number of aromatic nitrogens is 1. The smallest absolute Gasteiger partial charge is 0.168 e. The van der Waals surface area contributed by atoms with Crippen LogP contribution >= 0.6 is 0 Å². The lowest BCUT2D eigenvalue weighted by Crippen LogP contribution is -2.42. The van der Waals surface area contributed by atoms with Gasteiger partial charge in [0.05, 0.1) is 27.2 Å². The molecule has 0 aliphatic heterocycles. The fourth-order valence-corrected chi connectivity index (χ4v) is 1.74. The Morgan fingerprint density at radius 1 is 1.19 bits per heavy atom. The lowest BCUT2D eigenvalue weighted by atomic mass is 10.2. The van der Waals surface area contributed by atoms with E-state index in [1.807, 2.05) is 7.05 Å². The Bertz CT molecular complexity index is 306. The number of aliphatic hydroxyl groups is 1. The molecule has 1 aromatic heterocycles. The molecule has 0 fully saturated rings. The summed E-state index contributed by atoms with van der Waals surface area (Å²) in [5.74, 6) is 0. The average molecular weight is 224 g/mol. The number of hydrogen-bond donors (Lipinski definition) is 1. The van der Waals surface area contributed by atoms with Crippen LogP contribution in [0.4, 0.5) is 0 Å². The van der Waals surface area contributed by atoms with Crippen molar-refractivity contribution in [2.45, 2.75) is 12.8 Å². The first-order chi connectivity index (χ1) is 7.53. The summed E-state index contributed by atoms with van der Waals surface area (Å²) in [7, 11) is 6.47. The number of pyridine rings is 1. The molecule has 0 saturated heterocycles. The number of aryl methyl sites for hydroxylation is 1. The van der Waals surface area contributed by atoms with Gasteiger partial charge < -0.3 is 9.59 Å². The Morgan fingerprint density at radius 2 is 1.81 bits per heavy atom. The highest BCUT2D eigenvalue weighted by molar-refractivity contribution is 5.07. The Hall–Kier alpha value is -0.930. The summed E-state index contributed by atoms with van der Waals surface area (Å²) in [5, 5.41) is 8.83. The summed E-state index contributed by atoms with van der Waals surface area (Å²) in [6.07, 6.45) is 6.15. The first-order valence-corrected chi connectivity index (χ1v) is 5.90. The maximum absolute atomic E-state index is 8.83. The minimum atomic E-state index is 0.294. The fraction of sp³-hybridized carbons (Fsp3) is 0.615. The highest BCUT2D eigenvalue weighted by atomic mass is 16.3. The molecule has 0 aliphatic rings. The molecular weight excluding hydrogens is 200 g/mol. The molecule has 0 atom stereocenters. The van der Waals surface area contributed by atoms with E-state index in [0.29, 0.717) is 6.61 Å². The van der Waals surface area contributed by atoms with Crippen LogP contribution in [-0.4, -0.2) is 43.4 Å². The maximum atomic E-state index is 8.83. The van der Waals surface area contributed by atoms with E-state index in [4.69, 9.17) is 5.11 Å². The number of rotatable bonds is 6. The van der Waals surface area contributed by atoms with Crippen LogP contribution in [0, 0.1) is 0 Å². The monoisotopic (exact) mass is 224 g/mol. The van der Waals surface area contributed by atoms with Crippen molar-refractivity contribution in [3.8, 4) is 0 Å². The van der Waals surface area contributed by atoms with Crippen LogP contribution in [0.25, 0.3) is 0 Å². The molecule has 0 bridgehead atoms. The summed E-state index contributed by atoms with van der Waals surface area (Å²) in [6, 6.07) is 4.35. The van der Waals surface area contributed by atoms with Crippen molar-refractivity contribution in [3.63, 3.8) is 0 Å². The molecular formula is C13H24N2O+2. The van der Waals surface area contributed by atoms with Crippen LogP contribution < -0.4 is 4.57 Å². The van der Waals surface area contributed by atoms with Gasteiger partial charge in [-0.1, -0.05) is 0 Å². The predicted octanol–water partition coefficient (Wildman–Crippen LogP) is 0.512.